The first-order valence-electron chi connectivity index (χ1n) is 5.70. The van der Waals surface area contributed by atoms with Crippen molar-refractivity contribution in [1.82, 2.24) is 4.90 Å². The average Bonchev–Trinajstić information content (AvgIpc) is 2.64. The molecule has 2 heteroatoms. The predicted molar refractivity (Wildman–Crippen MR) is 69.3 cm³/mol. The van der Waals surface area contributed by atoms with Gasteiger partial charge < -0.3 is 5.11 Å². The molecule has 1 aliphatic heterocycles. The van der Waals surface area contributed by atoms with E-state index in [2.05, 4.69) is 30.2 Å². The Labute approximate surface area is 98.3 Å². The lowest BCUT2D eigenvalue weighted by Gasteiger charge is -2.21. The molecule has 2 nitrogen and oxygen atoms in total. The van der Waals surface area contributed by atoms with Gasteiger partial charge in [0.15, 0.2) is 0 Å². The molecule has 2 atom stereocenters. The third kappa shape index (κ3) is 3.47. The van der Waals surface area contributed by atoms with Gasteiger partial charge in [-0.1, -0.05) is 37.0 Å². The van der Waals surface area contributed by atoms with Crippen LogP contribution in [-0.2, 0) is 0 Å². The number of aliphatic hydroxyl groups excluding tert-OH is 1. The fraction of sp³-hybridized carbons (Fsp3) is 0.429. The first-order chi connectivity index (χ1) is 7.71. The summed E-state index contributed by atoms with van der Waals surface area (Å²) in [4.78, 5) is 2.25. The number of hydrogen-bond donors (Lipinski definition) is 1. The third-order valence-electron chi connectivity index (χ3n) is 2.90. The Morgan fingerprint density at radius 2 is 2.25 bits per heavy atom. The van der Waals surface area contributed by atoms with Crippen molar-refractivity contribution in [3.63, 3.8) is 0 Å². The lowest BCUT2D eigenvalue weighted by atomic mass is 10.1. The van der Waals surface area contributed by atoms with Gasteiger partial charge in [-0.15, -0.1) is 6.58 Å². The molecule has 0 aliphatic carbocycles. The Bertz CT molecular complexity index is 304. The third-order valence-corrected chi connectivity index (χ3v) is 2.90. The van der Waals surface area contributed by atoms with Crippen LogP contribution in [0.5, 0.6) is 0 Å². The molecule has 1 saturated heterocycles. The van der Waals surface area contributed by atoms with E-state index in [-0.39, 0.29) is 6.10 Å². The van der Waals surface area contributed by atoms with Gasteiger partial charge in [0.2, 0.25) is 0 Å². The maximum absolute atomic E-state index is 9.62. The Balaban J connectivity index is 2.61. The summed E-state index contributed by atoms with van der Waals surface area (Å²) >= 11 is 0. The molecular weight excluding hydrogens is 198 g/mol. The fourth-order valence-electron chi connectivity index (χ4n) is 2.00. The van der Waals surface area contributed by atoms with E-state index in [0.29, 0.717) is 6.04 Å². The smallest absolute Gasteiger partial charge is 0.0685 e. The van der Waals surface area contributed by atoms with Crippen molar-refractivity contribution in [2.75, 3.05) is 13.1 Å². The Morgan fingerprint density at radius 1 is 1.50 bits per heavy atom. The van der Waals surface area contributed by atoms with E-state index < -0.39 is 0 Å². The molecule has 0 aromatic rings. The van der Waals surface area contributed by atoms with E-state index in [0.717, 1.165) is 19.5 Å². The number of hydrogen-bond acceptors (Lipinski definition) is 2. The number of nitrogens with zero attached hydrogens (tertiary/aromatic N) is 1. The number of allylic oxidation sites excluding steroid dienone is 3. The average molecular weight is 219 g/mol. The molecule has 88 valence electrons. The van der Waals surface area contributed by atoms with Crippen molar-refractivity contribution in [2.24, 2.45) is 0 Å². The molecule has 1 heterocycles. The molecule has 1 aliphatic rings. The second-order valence-electron chi connectivity index (χ2n) is 4.08. The van der Waals surface area contributed by atoms with Crippen LogP contribution in [0.15, 0.2) is 49.1 Å². The SMILES string of the molecule is C=C/C=C\C(=C/C)CN1CC(O)CC1C=C. The lowest BCUT2D eigenvalue weighted by Crippen LogP contribution is -2.30. The maximum Gasteiger partial charge on any atom is 0.0685 e. The largest absolute Gasteiger partial charge is 0.392 e. The minimum atomic E-state index is -0.218. The van der Waals surface area contributed by atoms with Crippen molar-refractivity contribution in [1.29, 1.82) is 0 Å². The Kier molecular flexibility index (Phi) is 5.23. The molecule has 16 heavy (non-hydrogen) atoms. The van der Waals surface area contributed by atoms with Crippen molar-refractivity contribution in [3.8, 4) is 0 Å². The zero-order chi connectivity index (χ0) is 12.0. The predicted octanol–water partition coefficient (Wildman–Crippen LogP) is 2.30. The standard InChI is InChI=1S/C14H21NO/c1-4-7-8-12(5-2)10-15-11-14(16)9-13(15)6-3/h4-8,13-14,16H,1,3,9-11H2,2H3/b8-7-,12-5+. The summed E-state index contributed by atoms with van der Waals surface area (Å²) in [5.74, 6) is 0. The second kappa shape index (κ2) is 6.46. The fourth-order valence-corrected chi connectivity index (χ4v) is 2.00. The van der Waals surface area contributed by atoms with Crippen LogP contribution in [0.1, 0.15) is 13.3 Å². The van der Waals surface area contributed by atoms with Gasteiger partial charge in [0.1, 0.15) is 0 Å². The minimum absolute atomic E-state index is 0.218. The van der Waals surface area contributed by atoms with Gasteiger partial charge in [0.05, 0.1) is 6.10 Å². The number of likely N-dealkylation sites (tertiary alicyclic amines) is 1. The highest BCUT2D eigenvalue weighted by atomic mass is 16.3. The number of β-amino-alcohol motifs (C(OH)–C–C–N with tert-alkyl or cyclic N) is 1. The van der Waals surface area contributed by atoms with E-state index in [4.69, 9.17) is 0 Å². The van der Waals surface area contributed by atoms with Gasteiger partial charge >= 0.3 is 0 Å². The van der Waals surface area contributed by atoms with Gasteiger partial charge in [-0.2, -0.15) is 0 Å². The summed E-state index contributed by atoms with van der Waals surface area (Å²) in [5.41, 5.74) is 1.24. The molecule has 1 fully saturated rings. The van der Waals surface area contributed by atoms with Crippen molar-refractivity contribution < 1.29 is 5.11 Å². The highest BCUT2D eigenvalue weighted by molar-refractivity contribution is 5.23. The monoisotopic (exact) mass is 219 g/mol. The molecule has 0 radical (unpaired) electrons. The zero-order valence-electron chi connectivity index (χ0n) is 9.97. The first kappa shape index (κ1) is 12.9. The van der Waals surface area contributed by atoms with Crippen LogP contribution < -0.4 is 0 Å². The van der Waals surface area contributed by atoms with E-state index in [1.807, 2.05) is 19.1 Å². The van der Waals surface area contributed by atoms with Gasteiger partial charge in [-0.25, -0.2) is 0 Å². The molecule has 0 saturated carbocycles. The summed E-state index contributed by atoms with van der Waals surface area (Å²) in [7, 11) is 0. The zero-order valence-corrected chi connectivity index (χ0v) is 9.97. The van der Waals surface area contributed by atoms with Gasteiger partial charge in [0.25, 0.3) is 0 Å². The molecule has 2 unspecified atom stereocenters. The summed E-state index contributed by atoms with van der Waals surface area (Å²) in [5, 5.41) is 9.62. The Hall–Kier alpha value is -1.12. The Morgan fingerprint density at radius 3 is 2.81 bits per heavy atom. The van der Waals surface area contributed by atoms with E-state index >= 15 is 0 Å². The van der Waals surface area contributed by atoms with Crippen LogP contribution in [0.2, 0.25) is 0 Å². The van der Waals surface area contributed by atoms with E-state index in [9.17, 15) is 5.11 Å². The van der Waals surface area contributed by atoms with Gasteiger partial charge in [0, 0.05) is 19.1 Å². The lowest BCUT2D eigenvalue weighted by molar-refractivity contribution is 0.179. The molecule has 0 aromatic carbocycles. The van der Waals surface area contributed by atoms with Crippen LogP contribution in [0.25, 0.3) is 0 Å². The molecule has 0 bridgehead atoms. The second-order valence-corrected chi connectivity index (χ2v) is 4.08. The molecule has 0 spiro atoms. The van der Waals surface area contributed by atoms with Crippen LogP contribution in [0, 0.1) is 0 Å². The maximum atomic E-state index is 9.62. The molecular formula is C14H21NO. The number of rotatable bonds is 5. The van der Waals surface area contributed by atoms with E-state index in [1.54, 1.807) is 6.08 Å². The first-order valence-corrected chi connectivity index (χ1v) is 5.70. The van der Waals surface area contributed by atoms with Gasteiger partial charge in [-0.05, 0) is 18.9 Å². The summed E-state index contributed by atoms with van der Waals surface area (Å²) in [6.07, 6.45) is 10.3. The quantitative estimate of drug-likeness (QED) is 0.566. The number of aliphatic hydroxyl groups is 1. The van der Waals surface area contributed by atoms with Crippen LogP contribution in [0.4, 0.5) is 0 Å². The van der Waals surface area contributed by atoms with Crippen LogP contribution in [-0.4, -0.2) is 35.2 Å². The van der Waals surface area contributed by atoms with Crippen LogP contribution >= 0.6 is 0 Å². The van der Waals surface area contributed by atoms with Gasteiger partial charge in [-0.3, -0.25) is 4.90 Å². The topological polar surface area (TPSA) is 23.5 Å². The van der Waals surface area contributed by atoms with Crippen molar-refractivity contribution in [3.05, 3.63) is 49.1 Å². The molecule has 1 N–H and O–H groups in total. The van der Waals surface area contributed by atoms with Crippen LogP contribution in [0.3, 0.4) is 0 Å². The highest BCUT2D eigenvalue weighted by Gasteiger charge is 2.28. The molecule has 0 amide bonds. The van der Waals surface area contributed by atoms with Crippen molar-refractivity contribution in [2.45, 2.75) is 25.5 Å². The summed E-state index contributed by atoms with van der Waals surface area (Å²) in [6.45, 7) is 11.1. The van der Waals surface area contributed by atoms with E-state index in [1.165, 1.54) is 5.57 Å². The highest BCUT2D eigenvalue weighted by Crippen LogP contribution is 2.20. The summed E-state index contributed by atoms with van der Waals surface area (Å²) in [6, 6.07) is 0.294. The normalized spacial score (nSPS) is 27.5. The molecule has 0 aromatic heterocycles. The summed E-state index contributed by atoms with van der Waals surface area (Å²) < 4.78 is 0. The van der Waals surface area contributed by atoms with Crippen molar-refractivity contribution >= 4 is 0 Å². The molecule has 1 rings (SSSR count). The minimum Gasteiger partial charge on any atom is -0.392 e.